The zero-order valence-electron chi connectivity index (χ0n) is 17.1. The van der Waals surface area contributed by atoms with Crippen LogP contribution in [0.25, 0.3) is 0 Å². The van der Waals surface area contributed by atoms with E-state index in [1.807, 2.05) is 24.3 Å². The van der Waals surface area contributed by atoms with E-state index in [-0.39, 0.29) is 11.7 Å². The van der Waals surface area contributed by atoms with Gasteiger partial charge in [-0.3, -0.25) is 9.69 Å². The fraction of sp³-hybridized carbons (Fsp3) is 0.250. The average Bonchev–Trinajstić information content (AvgIpc) is 3.28. The molecule has 0 aliphatic carbocycles. The van der Waals surface area contributed by atoms with Gasteiger partial charge < -0.3 is 14.8 Å². The van der Waals surface area contributed by atoms with Crippen LogP contribution in [0.4, 0.5) is 10.1 Å². The number of anilines is 1. The highest BCUT2D eigenvalue weighted by atomic mass is 19.1. The fourth-order valence-corrected chi connectivity index (χ4v) is 3.36. The van der Waals surface area contributed by atoms with E-state index in [1.165, 1.54) is 12.1 Å². The maximum atomic E-state index is 13.2. The van der Waals surface area contributed by atoms with Gasteiger partial charge in [0.1, 0.15) is 23.9 Å². The van der Waals surface area contributed by atoms with Crippen LogP contribution >= 0.6 is 0 Å². The molecule has 31 heavy (non-hydrogen) atoms. The molecule has 0 atom stereocenters. The van der Waals surface area contributed by atoms with E-state index < -0.39 is 0 Å². The van der Waals surface area contributed by atoms with Gasteiger partial charge in [0, 0.05) is 12.1 Å². The SMILES string of the molecule is O=C(CN1CCCC1)Nc1ccc(Oc2ccc(COc3cccc(F)c3)cc2)nc1. The summed E-state index contributed by atoms with van der Waals surface area (Å²) in [6, 6.07) is 16.9. The molecule has 1 amide bonds. The largest absolute Gasteiger partial charge is 0.489 e. The number of benzene rings is 2. The molecular weight excluding hydrogens is 397 g/mol. The summed E-state index contributed by atoms with van der Waals surface area (Å²) in [6.45, 7) is 2.70. The zero-order chi connectivity index (χ0) is 21.5. The molecule has 7 heteroatoms. The van der Waals surface area contributed by atoms with Gasteiger partial charge in [-0.15, -0.1) is 0 Å². The van der Waals surface area contributed by atoms with Gasteiger partial charge in [0.15, 0.2) is 0 Å². The predicted molar refractivity (Wildman–Crippen MR) is 116 cm³/mol. The maximum Gasteiger partial charge on any atom is 0.238 e. The monoisotopic (exact) mass is 421 g/mol. The van der Waals surface area contributed by atoms with Crippen molar-refractivity contribution >= 4 is 11.6 Å². The Morgan fingerprint density at radius 3 is 2.55 bits per heavy atom. The first-order valence-electron chi connectivity index (χ1n) is 10.3. The van der Waals surface area contributed by atoms with Crippen LogP contribution in [0.3, 0.4) is 0 Å². The van der Waals surface area contributed by atoms with Crippen LogP contribution in [0.2, 0.25) is 0 Å². The Hall–Kier alpha value is -3.45. The molecule has 1 fully saturated rings. The lowest BCUT2D eigenvalue weighted by Gasteiger charge is -2.14. The Morgan fingerprint density at radius 2 is 1.84 bits per heavy atom. The molecule has 6 nitrogen and oxygen atoms in total. The molecule has 1 aromatic heterocycles. The molecule has 3 aromatic rings. The number of nitrogens with one attached hydrogen (secondary N) is 1. The summed E-state index contributed by atoms with van der Waals surface area (Å²) in [6.07, 6.45) is 3.89. The summed E-state index contributed by atoms with van der Waals surface area (Å²) >= 11 is 0. The van der Waals surface area contributed by atoms with Gasteiger partial charge >= 0.3 is 0 Å². The molecule has 2 aromatic carbocycles. The van der Waals surface area contributed by atoms with E-state index in [9.17, 15) is 9.18 Å². The lowest BCUT2D eigenvalue weighted by Crippen LogP contribution is -2.30. The van der Waals surface area contributed by atoms with Crippen LogP contribution in [-0.2, 0) is 11.4 Å². The van der Waals surface area contributed by atoms with Crippen molar-refractivity contribution in [2.75, 3.05) is 25.0 Å². The Labute approximate surface area is 180 Å². The Kier molecular flexibility index (Phi) is 6.74. The second kappa shape index (κ2) is 10.0. The highest BCUT2D eigenvalue weighted by Crippen LogP contribution is 2.22. The summed E-state index contributed by atoms with van der Waals surface area (Å²) < 4.78 is 24.5. The number of rotatable bonds is 8. The second-order valence-electron chi connectivity index (χ2n) is 7.41. The molecule has 0 bridgehead atoms. The molecule has 160 valence electrons. The Balaban J connectivity index is 1.26. The zero-order valence-corrected chi connectivity index (χ0v) is 17.1. The molecule has 2 heterocycles. The first-order valence-corrected chi connectivity index (χ1v) is 10.3. The minimum atomic E-state index is -0.328. The summed E-state index contributed by atoms with van der Waals surface area (Å²) in [5.41, 5.74) is 1.57. The number of hydrogen-bond acceptors (Lipinski definition) is 5. The van der Waals surface area contributed by atoms with Gasteiger partial charge in [0.05, 0.1) is 18.4 Å². The molecule has 1 aliphatic rings. The van der Waals surface area contributed by atoms with Crippen LogP contribution in [0.15, 0.2) is 66.9 Å². The number of likely N-dealkylation sites (tertiary alicyclic amines) is 1. The number of carbonyl (C=O) groups is 1. The molecule has 1 saturated heterocycles. The standard InChI is InChI=1S/C24H24FN3O3/c25-19-4-3-5-22(14-19)30-17-18-6-9-21(10-7-18)31-24-11-8-20(15-26-24)27-23(29)16-28-12-1-2-13-28/h3-11,14-15H,1-2,12-13,16-17H2,(H,27,29). The summed E-state index contributed by atoms with van der Waals surface area (Å²) in [4.78, 5) is 18.5. The quantitative estimate of drug-likeness (QED) is 0.575. The van der Waals surface area contributed by atoms with Crippen LogP contribution in [0, 0.1) is 5.82 Å². The third-order valence-electron chi connectivity index (χ3n) is 4.93. The average molecular weight is 421 g/mol. The normalized spacial score (nSPS) is 13.7. The van der Waals surface area contributed by atoms with E-state index in [1.54, 1.807) is 30.5 Å². The minimum Gasteiger partial charge on any atom is -0.489 e. The van der Waals surface area contributed by atoms with Crippen molar-refractivity contribution in [3.05, 3.63) is 78.2 Å². The number of halogens is 1. The van der Waals surface area contributed by atoms with Gasteiger partial charge in [-0.2, -0.15) is 0 Å². The van der Waals surface area contributed by atoms with Crippen molar-refractivity contribution in [3.63, 3.8) is 0 Å². The van der Waals surface area contributed by atoms with Crippen molar-refractivity contribution in [3.8, 4) is 17.4 Å². The van der Waals surface area contributed by atoms with E-state index in [2.05, 4.69) is 15.2 Å². The number of amides is 1. The lowest BCUT2D eigenvalue weighted by molar-refractivity contribution is -0.117. The topological polar surface area (TPSA) is 63.7 Å². The number of pyridine rings is 1. The fourth-order valence-electron chi connectivity index (χ4n) is 3.36. The first-order chi connectivity index (χ1) is 15.1. The van der Waals surface area contributed by atoms with E-state index in [0.717, 1.165) is 31.5 Å². The number of hydrogen-bond donors (Lipinski definition) is 1. The number of nitrogens with zero attached hydrogens (tertiary/aromatic N) is 2. The minimum absolute atomic E-state index is 0.0339. The van der Waals surface area contributed by atoms with E-state index in [4.69, 9.17) is 9.47 Å². The Bertz CT molecular complexity index is 1000. The summed E-state index contributed by atoms with van der Waals surface area (Å²) in [5.74, 6) is 1.19. The van der Waals surface area contributed by atoms with Crippen molar-refractivity contribution < 1.29 is 18.7 Å². The second-order valence-corrected chi connectivity index (χ2v) is 7.41. The van der Waals surface area contributed by atoms with Crippen molar-refractivity contribution in [2.45, 2.75) is 19.4 Å². The van der Waals surface area contributed by atoms with Gasteiger partial charge in [0.2, 0.25) is 11.8 Å². The highest BCUT2D eigenvalue weighted by Gasteiger charge is 2.15. The molecular formula is C24H24FN3O3. The van der Waals surface area contributed by atoms with Crippen molar-refractivity contribution in [1.82, 2.24) is 9.88 Å². The van der Waals surface area contributed by atoms with Gasteiger partial charge in [-0.1, -0.05) is 18.2 Å². The number of carbonyl (C=O) groups excluding carboxylic acids is 1. The van der Waals surface area contributed by atoms with Crippen LogP contribution in [-0.4, -0.2) is 35.4 Å². The van der Waals surface area contributed by atoms with Crippen molar-refractivity contribution in [1.29, 1.82) is 0 Å². The van der Waals surface area contributed by atoms with Crippen LogP contribution < -0.4 is 14.8 Å². The van der Waals surface area contributed by atoms with Gasteiger partial charge in [-0.25, -0.2) is 9.37 Å². The molecule has 1 N–H and O–H groups in total. The third-order valence-corrected chi connectivity index (χ3v) is 4.93. The third kappa shape index (κ3) is 6.26. The predicted octanol–water partition coefficient (Wildman–Crippen LogP) is 4.63. The van der Waals surface area contributed by atoms with E-state index in [0.29, 0.717) is 36.2 Å². The first kappa shape index (κ1) is 20.8. The lowest BCUT2D eigenvalue weighted by atomic mass is 10.2. The summed E-state index contributed by atoms with van der Waals surface area (Å²) in [7, 11) is 0. The van der Waals surface area contributed by atoms with E-state index >= 15 is 0 Å². The molecule has 0 saturated carbocycles. The molecule has 0 spiro atoms. The van der Waals surface area contributed by atoms with Crippen LogP contribution in [0.1, 0.15) is 18.4 Å². The van der Waals surface area contributed by atoms with Gasteiger partial charge in [0.25, 0.3) is 0 Å². The highest BCUT2D eigenvalue weighted by molar-refractivity contribution is 5.92. The van der Waals surface area contributed by atoms with Crippen molar-refractivity contribution in [2.24, 2.45) is 0 Å². The smallest absolute Gasteiger partial charge is 0.238 e. The molecule has 0 unspecified atom stereocenters. The van der Waals surface area contributed by atoms with Crippen LogP contribution in [0.5, 0.6) is 17.4 Å². The molecule has 4 rings (SSSR count). The number of aromatic nitrogens is 1. The summed E-state index contributed by atoms with van der Waals surface area (Å²) in [5, 5.41) is 2.86. The molecule has 0 radical (unpaired) electrons. The Morgan fingerprint density at radius 1 is 1.03 bits per heavy atom. The maximum absolute atomic E-state index is 13.2. The molecule has 1 aliphatic heterocycles. The van der Waals surface area contributed by atoms with Gasteiger partial charge in [-0.05, 0) is 61.8 Å². The number of ether oxygens (including phenoxy) is 2.